The Kier molecular flexibility index (Phi) is 6.50. The SMILES string of the molecule is COC(=O)C(CC(C)C)NC(c1ccc2c(c1)oc1ccc(N(C)C)cc12)C(F)(F)F. The van der Waals surface area contributed by atoms with E-state index in [1.165, 1.54) is 19.2 Å². The minimum atomic E-state index is -4.61. The van der Waals surface area contributed by atoms with Crippen LogP contribution in [0.2, 0.25) is 0 Å². The molecule has 31 heavy (non-hydrogen) atoms. The van der Waals surface area contributed by atoms with E-state index in [0.717, 1.165) is 16.5 Å². The Labute approximate surface area is 179 Å². The van der Waals surface area contributed by atoms with Crippen molar-refractivity contribution in [1.29, 1.82) is 0 Å². The first kappa shape index (κ1) is 22.9. The number of anilines is 1. The van der Waals surface area contributed by atoms with Crippen molar-refractivity contribution in [3.8, 4) is 0 Å². The van der Waals surface area contributed by atoms with Crippen molar-refractivity contribution in [3.05, 3.63) is 42.0 Å². The molecule has 0 aliphatic rings. The second-order valence-corrected chi connectivity index (χ2v) is 8.28. The molecule has 0 radical (unpaired) electrons. The number of ether oxygens (including phenoxy) is 1. The van der Waals surface area contributed by atoms with E-state index in [-0.39, 0.29) is 17.9 Å². The fourth-order valence-electron chi connectivity index (χ4n) is 3.67. The van der Waals surface area contributed by atoms with Crippen LogP contribution in [0.15, 0.2) is 40.8 Å². The normalized spacial score (nSPS) is 14.2. The largest absolute Gasteiger partial charge is 0.468 e. The highest BCUT2D eigenvalue weighted by atomic mass is 19.4. The zero-order chi connectivity index (χ0) is 22.9. The van der Waals surface area contributed by atoms with Crippen LogP contribution in [-0.4, -0.2) is 39.4 Å². The number of hydrogen-bond acceptors (Lipinski definition) is 5. The Bertz CT molecular complexity index is 1070. The molecule has 1 aromatic heterocycles. The Morgan fingerprint density at radius 3 is 2.39 bits per heavy atom. The molecule has 2 atom stereocenters. The molecule has 168 valence electrons. The van der Waals surface area contributed by atoms with Crippen LogP contribution in [0.3, 0.4) is 0 Å². The van der Waals surface area contributed by atoms with Gasteiger partial charge in [0.15, 0.2) is 0 Å². The molecule has 0 aliphatic heterocycles. The molecule has 0 saturated carbocycles. The van der Waals surface area contributed by atoms with Gasteiger partial charge in [-0.3, -0.25) is 10.1 Å². The molecule has 3 aromatic rings. The maximum atomic E-state index is 14.0. The number of methoxy groups -OCH3 is 1. The lowest BCUT2D eigenvalue weighted by Crippen LogP contribution is -2.45. The second-order valence-electron chi connectivity index (χ2n) is 8.28. The zero-order valence-corrected chi connectivity index (χ0v) is 18.2. The van der Waals surface area contributed by atoms with Gasteiger partial charge in [-0.1, -0.05) is 26.0 Å². The molecule has 0 saturated heterocycles. The summed E-state index contributed by atoms with van der Waals surface area (Å²) in [5.41, 5.74) is 1.90. The third-order valence-electron chi connectivity index (χ3n) is 5.22. The van der Waals surface area contributed by atoms with Crippen LogP contribution in [0.1, 0.15) is 31.9 Å². The zero-order valence-electron chi connectivity index (χ0n) is 18.2. The van der Waals surface area contributed by atoms with Crippen molar-refractivity contribution in [2.45, 2.75) is 38.5 Å². The molecule has 0 spiro atoms. The van der Waals surface area contributed by atoms with Gasteiger partial charge in [-0.05, 0) is 42.2 Å². The first-order valence-corrected chi connectivity index (χ1v) is 10.1. The lowest BCUT2D eigenvalue weighted by atomic mass is 9.99. The van der Waals surface area contributed by atoms with Gasteiger partial charge in [-0.2, -0.15) is 13.2 Å². The summed E-state index contributed by atoms with van der Waals surface area (Å²) in [6.45, 7) is 3.67. The number of nitrogens with zero attached hydrogens (tertiary/aromatic N) is 1. The standard InChI is InChI=1S/C23H27F3N2O3/c1-13(2)10-18(22(29)30-5)27-21(23(24,25)26)14-6-8-16-17-12-15(28(3)4)7-9-19(17)31-20(16)11-14/h6-9,11-13,18,21,27H,10H2,1-5H3. The van der Waals surface area contributed by atoms with E-state index in [9.17, 15) is 18.0 Å². The Hall–Kier alpha value is -2.74. The highest BCUT2D eigenvalue weighted by molar-refractivity contribution is 6.06. The van der Waals surface area contributed by atoms with Crippen molar-refractivity contribution in [2.75, 3.05) is 26.1 Å². The van der Waals surface area contributed by atoms with Gasteiger partial charge in [-0.15, -0.1) is 0 Å². The van der Waals surface area contributed by atoms with Crippen LogP contribution >= 0.6 is 0 Å². The third-order valence-corrected chi connectivity index (χ3v) is 5.22. The predicted octanol–water partition coefficient (Wildman–Crippen LogP) is 5.43. The summed E-state index contributed by atoms with van der Waals surface area (Å²) in [4.78, 5) is 14.0. The topological polar surface area (TPSA) is 54.7 Å². The number of fused-ring (bicyclic) bond motifs is 3. The van der Waals surface area contributed by atoms with E-state index in [2.05, 4.69) is 5.32 Å². The first-order valence-electron chi connectivity index (χ1n) is 10.1. The number of furan rings is 1. The highest BCUT2D eigenvalue weighted by Crippen LogP contribution is 2.37. The number of alkyl halides is 3. The van der Waals surface area contributed by atoms with Gasteiger partial charge >= 0.3 is 12.1 Å². The number of halogens is 3. The van der Waals surface area contributed by atoms with Crippen molar-refractivity contribution in [1.82, 2.24) is 5.32 Å². The summed E-state index contributed by atoms with van der Waals surface area (Å²) in [6.07, 6.45) is -4.39. The van der Waals surface area contributed by atoms with Crippen molar-refractivity contribution >= 4 is 33.6 Å². The van der Waals surface area contributed by atoms with Gasteiger partial charge in [0, 0.05) is 30.6 Å². The summed E-state index contributed by atoms with van der Waals surface area (Å²) < 4.78 is 52.4. The van der Waals surface area contributed by atoms with Crippen molar-refractivity contribution in [3.63, 3.8) is 0 Å². The molecule has 0 bridgehead atoms. The number of carbonyl (C=O) groups is 1. The monoisotopic (exact) mass is 436 g/mol. The highest BCUT2D eigenvalue weighted by Gasteiger charge is 2.43. The second kappa shape index (κ2) is 8.78. The summed E-state index contributed by atoms with van der Waals surface area (Å²) in [5.74, 6) is -0.710. The van der Waals surface area contributed by atoms with Crippen LogP contribution in [-0.2, 0) is 9.53 Å². The van der Waals surface area contributed by atoms with Crippen LogP contribution in [0.4, 0.5) is 18.9 Å². The molecule has 2 unspecified atom stereocenters. The van der Waals surface area contributed by atoms with Gasteiger partial charge < -0.3 is 14.1 Å². The van der Waals surface area contributed by atoms with E-state index in [1.807, 2.05) is 45.0 Å². The molecule has 5 nitrogen and oxygen atoms in total. The molecule has 1 N–H and O–H groups in total. The molecule has 3 rings (SSSR count). The molecule has 0 amide bonds. The van der Waals surface area contributed by atoms with Gasteiger partial charge in [0.25, 0.3) is 0 Å². The van der Waals surface area contributed by atoms with Gasteiger partial charge in [-0.25, -0.2) is 0 Å². The summed E-state index contributed by atoms with van der Waals surface area (Å²) in [6, 6.07) is 6.96. The number of carbonyl (C=O) groups excluding carboxylic acids is 1. The summed E-state index contributed by atoms with van der Waals surface area (Å²) >= 11 is 0. The van der Waals surface area contributed by atoms with E-state index in [1.54, 1.807) is 12.1 Å². The smallest absolute Gasteiger partial charge is 0.407 e. The number of hydrogen-bond donors (Lipinski definition) is 1. The number of benzene rings is 2. The lowest BCUT2D eigenvalue weighted by molar-refractivity contribution is -0.164. The minimum absolute atomic E-state index is 0.00855. The quantitative estimate of drug-likeness (QED) is 0.501. The van der Waals surface area contributed by atoms with Gasteiger partial charge in [0.05, 0.1) is 7.11 Å². The number of rotatable bonds is 7. The van der Waals surface area contributed by atoms with Gasteiger partial charge in [0.1, 0.15) is 23.2 Å². The van der Waals surface area contributed by atoms with Crippen LogP contribution < -0.4 is 10.2 Å². The van der Waals surface area contributed by atoms with Crippen molar-refractivity contribution in [2.24, 2.45) is 5.92 Å². The number of nitrogens with one attached hydrogen (secondary N) is 1. The maximum absolute atomic E-state index is 14.0. The Balaban J connectivity index is 2.04. The fourth-order valence-corrected chi connectivity index (χ4v) is 3.67. The first-order chi connectivity index (χ1) is 14.5. The molecule has 8 heteroatoms. The van der Waals surface area contributed by atoms with Gasteiger partial charge in [0.2, 0.25) is 0 Å². The minimum Gasteiger partial charge on any atom is -0.468 e. The van der Waals surface area contributed by atoms with E-state index in [0.29, 0.717) is 11.2 Å². The summed E-state index contributed by atoms with van der Waals surface area (Å²) in [7, 11) is 4.99. The predicted molar refractivity (Wildman–Crippen MR) is 115 cm³/mol. The molecule has 0 aliphatic carbocycles. The number of esters is 1. The van der Waals surface area contributed by atoms with E-state index >= 15 is 0 Å². The maximum Gasteiger partial charge on any atom is 0.407 e. The molecule has 0 fully saturated rings. The average Bonchev–Trinajstić information content (AvgIpc) is 3.05. The third kappa shape index (κ3) is 4.95. The fraction of sp³-hybridized carbons (Fsp3) is 0.435. The van der Waals surface area contributed by atoms with Crippen molar-refractivity contribution < 1.29 is 27.1 Å². The molecular weight excluding hydrogens is 409 g/mol. The van der Waals surface area contributed by atoms with Crippen LogP contribution in [0.25, 0.3) is 21.9 Å². The van der Waals surface area contributed by atoms with E-state index < -0.39 is 24.2 Å². The van der Waals surface area contributed by atoms with Crippen LogP contribution in [0.5, 0.6) is 0 Å². The lowest BCUT2D eigenvalue weighted by Gasteiger charge is -2.27. The Morgan fingerprint density at radius 1 is 1.10 bits per heavy atom. The van der Waals surface area contributed by atoms with Crippen LogP contribution in [0, 0.1) is 5.92 Å². The molecule has 2 aromatic carbocycles. The molecule has 1 heterocycles. The summed E-state index contributed by atoms with van der Waals surface area (Å²) in [5, 5.41) is 4.03. The van der Waals surface area contributed by atoms with E-state index in [4.69, 9.17) is 9.15 Å². The average molecular weight is 436 g/mol. The molecular formula is C23H27F3N2O3. The Morgan fingerprint density at radius 2 is 1.81 bits per heavy atom.